The van der Waals surface area contributed by atoms with Crippen LogP contribution in [0.1, 0.15) is 0 Å². The summed E-state index contributed by atoms with van der Waals surface area (Å²) >= 11 is 0. The highest BCUT2D eigenvalue weighted by Gasteiger charge is 2.31. The minimum atomic E-state index is -0.585. The fraction of sp³-hybridized carbons (Fsp3) is 0.400. The van der Waals surface area contributed by atoms with Crippen LogP contribution in [-0.2, 0) is 0 Å². The summed E-state index contributed by atoms with van der Waals surface area (Å²) in [5.74, 6) is -0.330. The van der Waals surface area contributed by atoms with Gasteiger partial charge >= 0.3 is 6.03 Å². The van der Waals surface area contributed by atoms with E-state index in [1.165, 1.54) is 0 Å². The first-order valence-corrected chi connectivity index (χ1v) is 4.24. The van der Waals surface area contributed by atoms with Crippen LogP contribution in [-0.4, -0.2) is 30.3 Å². The maximum absolute atomic E-state index is 11.0. The molecule has 0 saturated carbocycles. The number of nitrogens with one attached hydrogen (secondary N) is 4. The molecule has 0 radical (unpaired) electrons. The van der Waals surface area contributed by atoms with Crippen molar-refractivity contribution in [3.63, 3.8) is 0 Å². The van der Waals surface area contributed by atoms with Crippen molar-refractivity contribution in [2.24, 2.45) is 33.1 Å². The number of rotatable bonds is 4. The SMILES string of the molecule is NC(N)=NNC1NC(=O)NC1NN=C(N)N. The second kappa shape index (κ2) is 4.77. The average Bonchev–Trinajstić information content (AvgIpc) is 2.52. The van der Waals surface area contributed by atoms with Crippen molar-refractivity contribution in [3.8, 4) is 0 Å². The van der Waals surface area contributed by atoms with Crippen molar-refractivity contribution in [2.45, 2.75) is 12.3 Å². The molecule has 16 heavy (non-hydrogen) atoms. The van der Waals surface area contributed by atoms with Crippen molar-refractivity contribution in [1.29, 1.82) is 0 Å². The van der Waals surface area contributed by atoms with E-state index in [4.69, 9.17) is 22.9 Å². The van der Waals surface area contributed by atoms with E-state index < -0.39 is 18.4 Å². The Kier molecular flexibility index (Phi) is 3.42. The number of carbonyl (C=O) groups excluding carboxylic acids is 1. The van der Waals surface area contributed by atoms with Gasteiger partial charge in [-0.1, -0.05) is 0 Å². The van der Waals surface area contributed by atoms with Crippen LogP contribution < -0.4 is 44.4 Å². The molecule has 1 fully saturated rings. The van der Waals surface area contributed by atoms with Gasteiger partial charge in [-0.15, -0.1) is 10.2 Å². The first-order chi connectivity index (χ1) is 7.49. The molecule has 1 aliphatic rings. The third-order valence-electron chi connectivity index (χ3n) is 1.57. The van der Waals surface area contributed by atoms with Crippen LogP contribution >= 0.6 is 0 Å². The van der Waals surface area contributed by atoms with Crippen LogP contribution in [0.3, 0.4) is 0 Å². The van der Waals surface area contributed by atoms with Crippen molar-refractivity contribution < 1.29 is 4.79 Å². The van der Waals surface area contributed by atoms with Crippen LogP contribution in [0.25, 0.3) is 0 Å². The topological polar surface area (TPSA) is 194 Å². The second-order valence-corrected chi connectivity index (χ2v) is 2.90. The summed E-state index contributed by atoms with van der Waals surface area (Å²) in [5.41, 5.74) is 25.5. The molecule has 0 bridgehead atoms. The Bertz CT molecular complexity index is 285. The average molecular weight is 230 g/mol. The van der Waals surface area contributed by atoms with Crippen LogP contribution in [0.4, 0.5) is 4.79 Å². The molecular formula is C5H14N10O. The van der Waals surface area contributed by atoms with E-state index in [-0.39, 0.29) is 11.9 Å². The van der Waals surface area contributed by atoms with Gasteiger partial charge in [0, 0.05) is 0 Å². The van der Waals surface area contributed by atoms with E-state index >= 15 is 0 Å². The number of nitrogens with zero attached hydrogens (tertiary/aromatic N) is 2. The fourth-order valence-electron chi connectivity index (χ4n) is 0.993. The quantitative estimate of drug-likeness (QED) is 0.135. The molecule has 1 rings (SSSR count). The number of hydrogen-bond donors (Lipinski definition) is 8. The predicted octanol–water partition coefficient (Wildman–Crippen LogP) is -4.49. The molecular weight excluding hydrogens is 216 g/mol. The zero-order chi connectivity index (χ0) is 12.1. The highest BCUT2D eigenvalue weighted by molar-refractivity contribution is 5.78. The van der Waals surface area contributed by atoms with E-state index in [2.05, 4.69) is 31.7 Å². The van der Waals surface area contributed by atoms with Gasteiger partial charge in [0.15, 0.2) is 12.3 Å². The molecule has 0 spiro atoms. The molecule has 12 N–H and O–H groups in total. The zero-order valence-electron chi connectivity index (χ0n) is 8.27. The third kappa shape index (κ3) is 3.28. The molecule has 11 nitrogen and oxygen atoms in total. The van der Waals surface area contributed by atoms with E-state index in [0.717, 1.165) is 0 Å². The minimum Gasteiger partial charge on any atom is -0.369 e. The van der Waals surface area contributed by atoms with Crippen LogP contribution in [0.2, 0.25) is 0 Å². The van der Waals surface area contributed by atoms with Gasteiger partial charge in [-0.25, -0.2) is 4.79 Å². The highest BCUT2D eigenvalue weighted by Crippen LogP contribution is 1.95. The molecule has 2 atom stereocenters. The van der Waals surface area contributed by atoms with E-state index in [1.54, 1.807) is 0 Å². The summed E-state index contributed by atoms with van der Waals surface area (Å²) in [5, 5.41) is 12.1. The maximum Gasteiger partial charge on any atom is 0.318 e. The number of carbonyl (C=O) groups is 1. The Hall–Kier alpha value is -2.59. The maximum atomic E-state index is 11.0. The lowest BCUT2D eigenvalue weighted by Gasteiger charge is -2.17. The normalized spacial score (nSPS) is 22.6. The Morgan fingerprint density at radius 3 is 1.69 bits per heavy atom. The van der Waals surface area contributed by atoms with Crippen LogP contribution in [0.5, 0.6) is 0 Å². The Morgan fingerprint density at radius 2 is 1.38 bits per heavy atom. The molecule has 0 aromatic rings. The molecule has 2 amide bonds. The van der Waals surface area contributed by atoms with Crippen LogP contribution in [0.15, 0.2) is 10.2 Å². The van der Waals surface area contributed by atoms with Crippen molar-refractivity contribution in [1.82, 2.24) is 21.5 Å². The van der Waals surface area contributed by atoms with Gasteiger partial charge in [0.2, 0.25) is 11.9 Å². The molecule has 0 aromatic heterocycles. The number of amides is 2. The second-order valence-electron chi connectivity index (χ2n) is 2.90. The van der Waals surface area contributed by atoms with Gasteiger partial charge in [0.1, 0.15) is 0 Å². The monoisotopic (exact) mass is 230 g/mol. The van der Waals surface area contributed by atoms with E-state index in [0.29, 0.717) is 0 Å². The summed E-state index contributed by atoms with van der Waals surface area (Å²) < 4.78 is 0. The summed E-state index contributed by atoms with van der Waals surface area (Å²) in [6.07, 6.45) is -1.17. The third-order valence-corrected chi connectivity index (χ3v) is 1.57. The smallest absolute Gasteiger partial charge is 0.318 e. The molecule has 90 valence electrons. The summed E-state index contributed by atoms with van der Waals surface area (Å²) in [4.78, 5) is 11.0. The van der Waals surface area contributed by atoms with Gasteiger partial charge in [-0.2, -0.15) is 0 Å². The van der Waals surface area contributed by atoms with Crippen molar-refractivity contribution in [3.05, 3.63) is 0 Å². The Balaban J connectivity index is 2.56. The van der Waals surface area contributed by atoms with Gasteiger partial charge in [0.25, 0.3) is 0 Å². The van der Waals surface area contributed by atoms with Gasteiger partial charge in [-0.3, -0.25) is 10.9 Å². The van der Waals surface area contributed by atoms with Crippen molar-refractivity contribution >= 4 is 18.0 Å². The number of guanidine groups is 2. The van der Waals surface area contributed by atoms with Gasteiger partial charge in [-0.05, 0) is 0 Å². The fourth-order valence-corrected chi connectivity index (χ4v) is 0.993. The van der Waals surface area contributed by atoms with Crippen LogP contribution in [0, 0.1) is 0 Å². The van der Waals surface area contributed by atoms with E-state index in [1.807, 2.05) is 0 Å². The summed E-state index contributed by atoms with van der Waals surface area (Å²) in [7, 11) is 0. The molecule has 0 aromatic carbocycles. The Morgan fingerprint density at radius 1 is 1.00 bits per heavy atom. The van der Waals surface area contributed by atoms with Crippen molar-refractivity contribution in [2.75, 3.05) is 0 Å². The van der Waals surface area contributed by atoms with E-state index in [9.17, 15) is 4.79 Å². The zero-order valence-corrected chi connectivity index (χ0v) is 8.27. The summed E-state index contributed by atoms with van der Waals surface area (Å²) in [6.45, 7) is 0. The lowest BCUT2D eigenvalue weighted by molar-refractivity contribution is 0.246. The largest absolute Gasteiger partial charge is 0.369 e. The number of hydrogen-bond acceptors (Lipinski definition) is 5. The van der Waals surface area contributed by atoms with Gasteiger partial charge < -0.3 is 33.6 Å². The molecule has 11 heteroatoms. The highest BCUT2D eigenvalue weighted by atomic mass is 16.2. The lowest BCUT2D eigenvalue weighted by Crippen LogP contribution is -2.51. The lowest BCUT2D eigenvalue weighted by atomic mass is 10.4. The van der Waals surface area contributed by atoms with Gasteiger partial charge in [0.05, 0.1) is 0 Å². The molecule has 0 aliphatic carbocycles. The summed E-state index contributed by atoms with van der Waals surface area (Å²) in [6, 6.07) is -0.411. The first-order valence-electron chi connectivity index (χ1n) is 4.24. The molecule has 1 aliphatic heterocycles. The molecule has 1 heterocycles. The standard InChI is InChI=1S/C5H14N10O/c6-3(7)14-12-1-2(11-5(16)10-1)13-15-4(8)9/h1-2,12-13H,(H4,6,7,14)(H4,8,9,15)(H2,10,11,16). The number of hydrazone groups is 2. The minimum absolute atomic E-state index is 0.165. The predicted molar refractivity (Wildman–Crippen MR) is 57.1 cm³/mol. The number of nitrogens with two attached hydrogens (primary N) is 4. The molecule has 2 unspecified atom stereocenters. The number of urea groups is 1. The molecule has 1 saturated heterocycles. The Labute approximate surface area is 90.6 Å². The first kappa shape index (κ1) is 11.5.